The zero-order valence-corrected chi connectivity index (χ0v) is 17.2. The summed E-state index contributed by atoms with van der Waals surface area (Å²) in [4.78, 5) is 15.1. The predicted octanol–water partition coefficient (Wildman–Crippen LogP) is 4.21. The summed E-state index contributed by atoms with van der Waals surface area (Å²) >= 11 is 5.99. The fourth-order valence-corrected chi connectivity index (χ4v) is 4.18. The number of thiol groups is 1. The molecule has 0 amide bonds. The smallest absolute Gasteiger partial charge is 0.157 e. The summed E-state index contributed by atoms with van der Waals surface area (Å²) < 4.78 is 18.4. The molecule has 4 nitrogen and oxygen atoms in total. The predicted molar refractivity (Wildman–Crippen MR) is 111 cm³/mol. The zero-order valence-electron chi connectivity index (χ0n) is 14.6. The van der Waals surface area contributed by atoms with Gasteiger partial charge in [-0.1, -0.05) is 22.7 Å². The molecule has 0 radical (unpaired) electrons. The van der Waals surface area contributed by atoms with Gasteiger partial charge in [-0.15, -0.1) is 17.5 Å². The maximum absolute atomic E-state index is 14.5. The Hall–Kier alpha value is -1.28. The van der Waals surface area contributed by atoms with Crippen molar-refractivity contribution in [3.05, 3.63) is 52.3 Å². The van der Waals surface area contributed by atoms with Crippen molar-refractivity contribution in [1.29, 1.82) is 0 Å². The lowest BCUT2D eigenvalue weighted by Gasteiger charge is -2.37. The van der Waals surface area contributed by atoms with Gasteiger partial charge in [-0.2, -0.15) is 12.6 Å². The molecule has 0 N–H and O–H groups in total. The number of carbonyl (C=O) groups excluding carboxylic acids is 1. The average Bonchev–Trinajstić information content (AvgIpc) is 3.37. The minimum absolute atomic E-state index is 0. The quantitative estimate of drug-likeness (QED) is 0.729. The van der Waals surface area contributed by atoms with Crippen molar-refractivity contribution in [2.24, 2.45) is 5.92 Å². The Kier molecular flexibility index (Phi) is 6.68. The molecule has 2 fully saturated rings. The van der Waals surface area contributed by atoms with Crippen LogP contribution in [0.2, 0.25) is 0 Å². The molecule has 144 valence electrons. The highest BCUT2D eigenvalue weighted by Crippen LogP contribution is 2.39. The summed E-state index contributed by atoms with van der Waals surface area (Å²) in [5, 5.41) is 6.07. The third-order valence-corrected chi connectivity index (χ3v) is 6.14. The van der Waals surface area contributed by atoms with E-state index in [-0.39, 0.29) is 35.2 Å². The zero-order chi connectivity index (χ0) is 18.1. The molecular formula is C19H21ClFN3OS2. The molecule has 8 heteroatoms. The minimum atomic E-state index is -0.526. The molecule has 2 aromatic rings. The van der Waals surface area contributed by atoms with Gasteiger partial charge in [0.1, 0.15) is 5.82 Å². The van der Waals surface area contributed by atoms with Crippen LogP contribution in [0.5, 0.6) is 0 Å². The van der Waals surface area contributed by atoms with E-state index in [1.54, 1.807) is 18.2 Å². The van der Waals surface area contributed by atoms with Gasteiger partial charge in [0.25, 0.3) is 0 Å². The Morgan fingerprint density at radius 1 is 1.33 bits per heavy atom. The highest BCUT2D eigenvalue weighted by atomic mass is 35.5. The topological polar surface area (TPSA) is 46.1 Å². The number of benzene rings is 1. The summed E-state index contributed by atoms with van der Waals surface area (Å²) in [5.74, 6) is -0.0976. The fraction of sp³-hybridized carbons (Fsp3) is 0.421. The second-order valence-electron chi connectivity index (χ2n) is 6.92. The molecule has 1 saturated carbocycles. The van der Waals surface area contributed by atoms with Crippen LogP contribution in [0, 0.1) is 11.7 Å². The Bertz CT molecular complexity index is 826. The van der Waals surface area contributed by atoms with Crippen LogP contribution in [-0.4, -0.2) is 38.6 Å². The maximum atomic E-state index is 14.5. The first-order valence-corrected chi connectivity index (χ1v) is 10.2. The first-order chi connectivity index (χ1) is 12.6. The van der Waals surface area contributed by atoms with Gasteiger partial charge in [0, 0.05) is 35.2 Å². The monoisotopic (exact) mass is 425 g/mol. The highest BCUT2D eigenvalue weighted by molar-refractivity contribution is 7.81. The van der Waals surface area contributed by atoms with Crippen LogP contribution in [0.25, 0.3) is 6.08 Å². The number of aromatic nitrogens is 2. The van der Waals surface area contributed by atoms with Crippen molar-refractivity contribution in [3.8, 4) is 0 Å². The number of Topliss-reactive ketones (excluding diaryl/α,β-unsaturated/α-hetero) is 1. The third kappa shape index (κ3) is 4.59. The van der Waals surface area contributed by atoms with Crippen LogP contribution < -0.4 is 0 Å². The van der Waals surface area contributed by atoms with Crippen LogP contribution >= 0.6 is 36.6 Å². The molecule has 2 atom stereocenters. The molecule has 27 heavy (non-hydrogen) atoms. The number of rotatable bonds is 5. The van der Waals surface area contributed by atoms with Crippen LogP contribution in [0.3, 0.4) is 0 Å². The van der Waals surface area contributed by atoms with Crippen LogP contribution in [0.4, 0.5) is 4.39 Å². The summed E-state index contributed by atoms with van der Waals surface area (Å²) in [5.41, 5.74) is 2.38. The molecule has 1 aromatic carbocycles. The summed E-state index contributed by atoms with van der Waals surface area (Å²) in [6, 6.07) is 6.11. The van der Waals surface area contributed by atoms with Crippen molar-refractivity contribution in [3.63, 3.8) is 0 Å². The normalized spacial score (nSPS) is 23.0. The molecule has 2 aliphatic rings. The van der Waals surface area contributed by atoms with Crippen LogP contribution in [0.1, 0.15) is 36.6 Å². The van der Waals surface area contributed by atoms with Gasteiger partial charge < -0.3 is 0 Å². The second-order valence-corrected chi connectivity index (χ2v) is 8.16. The van der Waals surface area contributed by atoms with Gasteiger partial charge in [-0.05, 0) is 48.5 Å². The highest BCUT2D eigenvalue weighted by Gasteiger charge is 2.40. The van der Waals surface area contributed by atoms with Gasteiger partial charge in [-0.25, -0.2) is 4.39 Å². The number of halogens is 2. The number of hydrogen-bond donors (Lipinski definition) is 1. The van der Waals surface area contributed by atoms with E-state index in [4.69, 9.17) is 12.6 Å². The molecule has 1 aromatic heterocycles. The molecule has 1 aliphatic heterocycles. The molecular weight excluding hydrogens is 405 g/mol. The van der Waals surface area contributed by atoms with Gasteiger partial charge in [0.15, 0.2) is 5.78 Å². The first-order valence-electron chi connectivity index (χ1n) is 8.81. The Labute approximate surface area is 173 Å². The van der Waals surface area contributed by atoms with E-state index >= 15 is 0 Å². The standard InChI is InChI=1S/C19H20FN3OS2.ClH/c20-16-4-2-1-3-15(16)18(19(24)12-5-6-12)23-8-7-17(25)13(10-23)9-14-11-26-22-21-14;/h1-4,9,11-12,17-18,25H,5-8,10H2;1H/b13-9+;. The van der Waals surface area contributed by atoms with Gasteiger partial charge in [0.05, 0.1) is 11.7 Å². The fourth-order valence-electron chi connectivity index (χ4n) is 3.50. The number of hydrogen-bond acceptors (Lipinski definition) is 6. The van der Waals surface area contributed by atoms with E-state index in [1.165, 1.54) is 17.6 Å². The van der Waals surface area contributed by atoms with Crippen LogP contribution in [-0.2, 0) is 4.79 Å². The van der Waals surface area contributed by atoms with E-state index in [2.05, 4.69) is 14.5 Å². The molecule has 2 heterocycles. The molecule has 0 spiro atoms. The number of nitrogens with zero attached hydrogens (tertiary/aromatic N) is 3. The Morgan fingerprint density at radius 2 is 2.11 bits per heavy atom. The summed E-state index contributed by atoms with van der Waals surface area (Å²) in [7, 11) is 0. The average molecular weight is 426 g/mol. The van der Waals surface area contributed by atoms with Crippen molar-refractivity contribution in [2.45, 2.75) is 30.6 Å². The first kappa shape index (κ1) is 20.5. The van der Waals surface area contributed by atoms with E-state index in [0.717, 1.165) is 37.1 Å². The molecule has 4 rings (SSSR count). The summed E-state index contributed by atoms with van der Waals surface area (Å²) in [6.07, 6.45) is 4.64. The lowest BCUT2D eigenvalue weighted by molar-refractivity contribution is -0.126. The van der Waals surface area contributed by atoms with Crippen molar-refractivity contribution in [2.75, 3.05) is 13.1 Å². The lowest BCUT2D eigenvalue weighted by atomic mass is 9.93. The lowest BCUT2D eigenvalue weighted by Crippen LogP contribution is -2.42. The molecule has 1 saturated heterocycles. The largest absolute Gasteiger partial charge is 0.297 e. The Morgan fingerprint density at radius 3 is 2.78 bits per heavy atom. The van der Waals surface area contributed by atoms with Gasteiger partial charge >= 0.3 is 0 Å². The van der Waals surface area contributed by atoms with E-state index in [1.807, 2.05) is 11.5 Å². The number of likely N-dealkylation sites (tertiary alicyclic amines) is 1. The number of carbonyl (C=O) groups is 1. The van der Waals surface area contributed by atoms with E-state index < -0.39 is 6.04 Å². The number of piperidine rings is 1. The van der Waals surface area contributed by atoms with Crippen molar-refractivity contribution < 1.29 is 9.18 Å². The second kappa shape index (κ2) is 8.82. The van der Waals surface area contributed by atoms with Crippen molar-refractivity contribution >= 4 is 48.4 Å². The molecule has 1 aliphatic carbocycles. The number of ketones is 1. The van der Waals surface area contributed by atoms with Gasteiger partial charge in [-0.3, -0.25) is 9.69 Å². The summed E-state index contributed by atoms with van der Waals surface area (Å²) in [6.45, 7) is 1.31. The Balaban J connectivity index is 0.00000210. The van der Waals surface area contributed by atoms with E-state index in [0.29, 0.717) is 12.1 Å². The van der Waals surface area contributed by atoms with Gasteiger partial charge in [0.2, 0.25) is 0 Å². The maximum Gasteiger partial charge on any atom is 0.157 e. The van der Waals surface area contributed by atoms with E-state index in [9.17, 15) is 9.18 Å². The molecule has 0 bridgehead atoms. The SMILES string of the molecule is Cl.O=C(C1CC1)C(c1ccccc1F)N1CCC(S)/C(=C/c2csnn2)C1. The van der Waals surface area contributed by atoms with Crippen LogP contribution in [0.15, 0.2) is 35.2 Å². The molecule has 2 unspecified atom stereocenters. The third-order valence-electron chi connectivity index (χ3n) is 5.03. The minimum Gasteiger partial charge on any atom is -0.297 e. The van der Waals surface area contributed by atoms with Crippen molar-refractivity contribution in [1.82, 2.24) is 14.5 Å².